The molecule has 0 fully saturated rings. The fourth-order valence-electron chi connectivity index (χ4n) is 1.31. The van der Waals surface area contributed by atoms with E-state index < -0.39 is 0 Å². The molecule has 1 aromatic carbocycles. The summed E-state index contributed by atoms with van der Waals surface area (Å²) in [5.41, 5.74) is 0.676. The van der Waals surface area contributed by atoms with Crippen molar-refractivity contribution >= 4 is 16.8 Å². The molecule has 0 saturated carbocycles. The lowest BCUT2D eigenvalue weighted by molar-refractivity contribution is 0.0989. The largest absolute Gasteiger partial charge is 0.497 e. The molecule has 1 heterocycles. The van der Waals surface area contributed by atoms with Crippen LogP contribution in [0.5, 0.6) is 5.75 Å². The number of ketones is 1. The number of furan rings is 1. The van der Waals surface area contributed by atoms with Crippen LogP contribution >= 0.6 is 0 Å². The third kappa shape index (κ3) is 1.37. The van der Waals surface area contributed by atoms with Crippen LogP contribution in [0.2, 0.25) is 0 Å². The second kappa shape index (κ2) is 3.18. The summed E-state index contributed by atoms with van der Waals surface area (Å²) < 4.78 is 10.4. The number of hydrogen-bond donors (Lipinski definition) is 0. The number of fused-ring (bicyclic) bond motifs is 1. The molecule has 0 aliphatic rings. The molecule has 1 aromatic heterocycles. The molecule has 0 bridgehead atoms. The molecule has 0 atom stereocenters. The Balaban J connectivity index is 2.60. The third-order valence-electron chi connectivity index (χ3n) is 2.07. The number of benzene rings is 1. The summed E-state index contributed by atoms with van der Waals surface area (Å²) in [7, 11) is 1.59. The number of carbonyl (C=O) groups excluding carboxylic acids is 1. The molecule has 0 radical (unpaired) electrons. The summed E-state index contributed by atoms with van der Waals surface area (Å²) in [6, 6.07) is 7.20. The van der Waals surface area contributed by atoms with Crippen molar-refractivity contribution in [1.29, 1.82) is 0 Å². The van der Waals surface area contributed by atoms with Crippen LogP contribution in [0.3, 0.4) is 0 Å². The topological polar surface area (TPSA) is 39.4 Å². The van der Waals surface area contributed by atoms with Crippen molar-refractivity contribution in [1.82, 2.24) is 0 Å². The molecular weight excluding hydrogens is 180 g/mol. The van der Waals surface area contributed by atoms with Gasteiger partial charge in [-0.25, -0.2) is 0 Å². The summed E-state index contributed by atoms with van der Waals surface area (Å²) in [6.45, 7) is 1.48. The second-order valence-electron chi connectivity index (χ2n) is 3.07. The van der Waals surface area contributed by atoms with Gasteiger partial charge in [-0.1, -0.05) is 0 Å². The fourth-order valence-corrected chi connectivity index (χ4v) is 1.31. The van der Waals surface area contributed by atoms with Crippen molar-refractivity contribution < 1.29 is 13.9 Å². The van der Waals surface area contributed by atoms with Crippen molar-refractivity contribution in [2.45, 2.75) is 6.92 Å². The smallest absolute Gasteiger partial charge is 0.194 e. The Kier molecular flexibility index (Phi) is 2.00. The van der Waals surface area contributed by atoms with E-state index in [0.29, 0.717) is 11.3 Å². The molecule has 0 aliphatic heterocycles. The molecule has 0 unspecified atom stereocenters. The Labute approximate surface area is 81.3 Å². The van der Waals surface area contributed by atoms with Crippen molar-refractivity contribution in [3.8, 4) is 5.75 Å². The number of ether oxygens (including phenoxy) is 1. The van der Waals surface area contributed by atoms with Crippen LogP contribution in [0.1, 0.15) is 17.5 Å². The van der Waals surface area contributed by atoms with Crippen molar-refractivity contribution in [3.05, 3.63) is 30.0 Å². The number of carbonyl (C=O) groups is 1. The van der Waals surface area contributed by atoms with Gasteiger partial charge < -0.3 is 9.15 Å². The molecule has 2 aromatic rings. The van der Waals surface area contributed by atoms with E-state index in [1.54, 1.807) is 19.2 Å². The van der Waals surface area contributed by atoms with Gasteiger partial charge in [0, 0.05) is 18.4 Å². The average Bonchev–Trinajstić information content (AvgIpc) is 2.59. The molecular formula is C11H10O3. The van der Waals surface area contributed by atoms with Crippen molar-refractivity contribution in [2.75, 3.05) is 7.11 Å². The zero-order valence-electron chi connectivity index (χ0n) is 8.03. The molecule has 0 spiro atoms. The van der Waals surface area contributed by atoms with E-state index in [2.05, 4.69) is 0 Å². The summed E-state index contributed by atoms with van der Waals surface area (Å²) >= 11 is 0. The Hall–Kier alpha value is -1.77. The molecule has 0 N–H and O–H groups in total. The van der Waals surface area contributed by atoms with E-state index in [9.17, 15) is 4.79 Å². The van der Waals surface area contributed by atoms with Crippen molar-refractivity contribution in [3.63, 3.8) is 0 Å². The molecule has 2 rings (SSSR count). The van der Waals surface area contributed by atoms with Gasteiger partial charge in [0.25, 0.3) is 0 Å². The lowest BCUT2D eigenvalue weighted by Gasteiger charge is -1.96. The van der Waals surface area contributed by atoms with E-state index in [4.69, 9.17) is 9.15 Å². The van der Waals surface area contributed by atoms with Crippen LogP contribution in [0.4, 0.5) is 0 Å². The SMILES string of the molecule is COc1ccc2cc(C(C)=O)oc2c1. The summed E-state index contributed by atoms with van der Waals surface area (Å²) in [5, 5.41) is 0.913. The predicted molar refractivity (Wildman–Crippen MR) is 52.8 cm³/mol. The van der Waals surface area contributed by atoms with Gasteiger partial charge in [0.05, 0.1) is 7.11 Å². The minimum Gasteiger partial charge on any atom is -0.497 e. The van der Waals surface area contributed by atoms with E-state index >= 15 is 0 Å². The van der Waals surface area contributed by atoms with E-state index in [-0.39, 0.29) is 5.78 Å². The number of Topliss-reactive ketones (excluding diaryl/α,β-unsaturated/α-hetero) is 1. The number of hydrogen-bond acceptors (Lipinski definition) is 3. The number of methoxy groups -OCH3 is 1. The summed E-state index contributed by atoms with van der Waals surface area (Å²) in [5.74, 6) is 1.04. The first-order valence-electron chi connectivity index (χ1n) is 4.29. The average molecular weight is 190 g/mol. The van der Waals surface area contributed by atoms with Crippen LogP contribution in [-0.4, -0.2) is 12.9 Å². The molecule has 3 heteroatoms. The highest BCUT2D eigenvalue weighted by atomic mass is 16.5. The van der Waals surface area contributed by atoms with Crippen LogP contribution in [0.25, 0.3) is 11.0 Å². The van der Waals surface area contributed by atoms with Gasteiger partial charge >= 0.3 is 0 Å². The molecule has 0 amide bonds. The third-order valence-corrected chi connectivity index (χ3v) is 2.07. The van der Waals surface area contributed by atoms with Gasteiger partial charge in [0.2, 0.25) is 0 Å². The maximum absolute atomic E-state index is 11.0. The first-order chi connectivity index (χ1) is 6.70. The van der Waals surface area contributed by atoms with Gasteiger partial charge in [-0.3, -0.25) is 4.79 Å². The molecule has 0 aliphatic carbocycles. The van der Waals surface area contributed by atoms with E-state index in [1.165, 1.54) is 6.92 Å². The normalized spacial score (nSPS) is 10.4. The molecule has 72 valence electrons. The van der Waals surface area contributed by atoms with Crippen LogP contribution in [0.15, 0.2) is 28.7 Å². The lowest BCUT2D eigenvalue weighted by Crippen LogP contribution is -1.85. The zero-order valence-corrected chi connectivity index (χ0v) is 8.03. The van der Waals surface area contributed by atoms with E-state index in [0.717, 1.165) is 11.1 Å². The van der Waals surface area contributed by atoms with Gasteiger partial charge in [-0.15, -0.1) is 0 Å². The highest BCUT2D eigenvalue weighted by Gasteiger charge is 2.07. The van der Waals surface area contributed by atoms with E-state index in [1.807, 2.05) is 12.1 Å². The maximum Gasteiger partial charge on any atom is 0.194 e. The van der Waals surface area contributed by atoms with Crippen LogP contribution in [0, 0.1) is 0 Å². The summed E-state index contributed by atoms with van der Waals surface area (Å²) in [6.07, 6.45) is 0. The Morgan fingerprint density at radius 2 is 2.14 bits per heavy atom. The standard InChI is InChI=1S/C11H10O3/c1-7(12)10-5-8-3-4-9(13-2)6-11(8)14-10/h3-6H,1-2H3. The Bertz CT molecular complexity index is 482. The highest BCUT2D eigenvalue weighted by molar-refractivity contribution is 5.96. The summed E-state index contributed by atoms with van der Waals surface area (Å²) in [4.78, 5) is 11.0. The second-order valence-corrected chi connectivity index (χ2v) is 3.07. The van der Waals surface area contributed by atoms with Gasteiger partial charge in [-0.05, 0) is 18.2 Å². The zero-order chi connectivity index (χ0) is 10.1. The first kappa shape index (κ1) is 8.81. The minimum atomic E-state index is -0.0693. The van der Waals surface area contributed by atoms with Crippen LogP contribution < -0.4 is 4.74 Å². The van der Waals surface area contributed by atoms with Crippen LogP contribution in [-0.2, 0) is 0 Å². The quantitative estimate of drug-likeness (QED) is 0.683. The highest BCUT2D eigenvalue weighted by Crippen LogP contribution is 2.24. The van der Waals surface area contributed by atoms with Gasteiger partial charge in [0.15, 0.2) is 11.5 Å². The Morgan fingerprint density at radius 1 is 1.36 bits per heavy atom. The molecule has 3 nitrogen and oxygen atoms in total. The Morgan fingerprint density at radius 3 is 2.79 bits per heavy atom. The number of rotatable bonds is 2. The molecule has 14 heavy (non-hydrogen) atoms. The fraction of sp³-hybridized carbons (Fsp3) is 0.182. The monoisotopic (exact) mass is 190 g/mol. The van der Waals surface area contributed by atoms with Crippen molar-refractivity contribution in [2.24, 2.45) is 0 Å². The minimum absolute atomic E-state index is 0.0693. The lowest BCUT2D eigenvalue weighted by atomic mass is 10.2. The van der Waals surface area contributed by atoms with Gasteiger partial charge in [-0.2, -0.15) is 0 Å². The first-order valence-corrected chi connectivity index (χ1v) is 4.29. The predicted octanol–water partition coefficient (Wildman–Crippen LogP) is 2.64. The maximum atomic E-state index is 11.0. The van der Waals surface area contributed by atoms with Gasteiger partial charge in [0.1, 0.15) is 11.3 Å². The molecule has 0 saturated heterocycles.